The number of pyridine rings is 1. The van der Waals surface area contributed by atoms with Crippen LogP contribution in [0, 0.1) is 10.1 Å². The van der Waals surface area contributed by atoms with E-state index in [1.807, 2.05) is 0 Å². The number of nitrogens with one attached hydrogen (secondary N) is 1. The Morgan fingerprint density at radius 2 is 2.33 bits per heavy atom. The summed E-state index contributed by atoms with van der Waals surface area (Å²) in [7, 11) is 1.72. The highest BCUT2D eigenvalue weighted by Crippen LogP contribution is 2.17. The van der Waals surface area contributed by atoms with Crippen molar-refractivity contribution in [3.63, 3.8) is 0 Å². The van der Waals surface area contributed by atoms with Gasteiger partial charge in [0.1, 0.15) is 10.7 Å². The van der Waals surface area contributed by atoms with Crippen molar-refractivity contribution in [1.82, 2.24) is 14.2 Å². The van der Waals surface area contributed by atoms with Gasteiger partial charge in [-0.1, -0.05) is 4.49 Å². The molecule has 2 aromatic rings. The highest BCUT2D eigenvalue weighted by Gasteiger charge is 2.11. The lowest BCUT2D eigenvalue weighted by molar-refractivity contribution is -0.385. The van der Waals surface area contributed by atoms with Crippen molar-refractivity contribution < 1.29 is 4.92 Å². The molecule has 0 unspecified atom stereocenters. The van der Waals surface area contributed by atoms with Gasteiger partial charge in [0, 0.05) is 30.7 Å². The summed E-state index contributed by atoms with van der Waals surface area (Å²) in [6.45, 7) is 0.146. The van der Waals surface area contributed by atoms with Crippen LogP contribution in [0.25, 0.3) is 0 Å². The Morgan fingerprint density at radius 3 is 3.00 bits per heavy atom. The van der Waals surface area contributed by atoms with Crippen molar-refractivity contribution in [3.05, 3.63) is 44.5 Å². The zero-order valence-corrected chi connectivity index (χ0v) is 10.2. The molecule has 0 atom stereocenters. The molecule has 0 radical (unpaired) electrons. The quantitative estimate of drug-likeness (QED) is 0.646. The lowest BCUT2D eigenvalue weighted by Gasteiger charge is -2.04. The van der Waals surface area contributed by atoms with Crippen LogP contribution in [0.4, 0.5) is 10.7 Å². The normalized spacial score (nSPS) is 10.3. The molecule has 0 amide bonds. The van der Waals surface area contributed by atoms with Gasteiger partial charge in [-0.15, -0.1) is 5.10 Å². The molecule has 0 bridgehead atoms. The van der Waals surface area contributed by atoms with Crippen molar-refractivity contribution in [2.45, 2.75) is 6.54 Å². The Bertz CT molecular complexity index is 635. The number of aromatic nitrogens is 3. The fourth-order valence-electron chi connectivity index (χ4n) is 1.41. The second-order valence-corrected chi connectivity index (χ2v) is 4.16. The first-order chi connectivity index (χ1) is 8.61. The molecule has 0 aromatic carbocycles. The highest BCUT2D eigenvalue weighted by atomic mass is 32.1. The summed E-state index contributed by atoms with van der Waals surface area (Å²) >= 11 is 1.16. The third-order valence-corrected chi connectivity index (χ3v) is 3.07. The minimum absolute atomic E-state index is 0.135. The molecule has 94 valence electrons. The Balaban J connectivity index is 2.37. The molecule has 1 N–H and O–H groups in total. The van der Waals surface area contributed by atoms with Gasteiger partial charge in [-0.05, 0) is 0 Å². The smallest absolute Gasteiger partial charge is 0.285 e. The van der Waals surface area contributed by atoms with E-state index in [4.69, 9.17) is 0 Å². The van der Waals surface area contributed by atoms with Crippen LogP contribution < -0.4 is 10.9 Å². The zero-order valence-electron chi connectivity index (χ0n) is 9.36. The monoisotopic (exact) mass is 267 g/mol. The number of nitrogens with zero attached hydrogens (tertiary/aromatic N) is 4. The van der Waals surface area contributed by atoms with Crippen LogP contribution in [0.5, 0.6) is 0 Å². The third kappa shape index (κ3) is 2.35. The Labute approximate surface area is 105 Å². The topological polar surface area (TPSA) is 103 Å². The van der Waals surface area contributed by atoms with Gasteiger partial charge in [0.05, 0.1) is 17.7 Å². The molecule has 0 spiro atoms. The number of hydrogen-bond acceptors (Lipinski definition) is 7. The van der Waals surface area contributed by atoms with Crippen LogP contribution in [0.2, 0.25) is 0 Å². The predicted molar refractivity (Wildman–Crippen MR) is 65.9 cm³/mol. The standard InChI is InChI=1S/C9H9N5O3S/c1-10-9-7(11-12-18-9)5-13-4-6(14(16)17)2-3-8(13)15/h2-4,10H,5H2,1H3. The first-order valence-electron chi connectivity index (χ1n) is 4.95. The van der Waals surface area contributed by atoms with E-state index < -0.39 is 4.92 Å². The summed E-state index contributed by atoms with van der Waals surface area (Å²) in [5.74, 6) is 0. The summed E-state index contributed by atoms with van der Waals surface area (Å²) in [5.41, 5.74) is 0.115. The van der Waals surface area contributed by atoms with Gasteiger partial charge in [-0.2, -0.15) is 0 Å². The number of rotatable bonds is 4. The van der Waals surface area contributed by atoms with E-state index in [0.717, 1.165) is 22.6 Å². The largest absolute Gasteiger partial charge is 0.377 e. The molecule has 0 aliphatic carbocycles. The van der Waals surface area contributed by atoms with Gasteiger partial charge in [-0.3, -0.25) is 14.9 Å². The van der Waals surface area contributed by atoms with Gasteiger partial charge in [0.15, 0.2) is 0 Å². The van der Waals surface area contributed by atoms with Crippen LogP contribution >= 0.6 is 11.5 Å². The van der Waals surface area contributed by atoms with Crippen molar-refractivity contribution in [2.75, 3.05) is 12.4 Å². The molecule has 0 aliphatic heterocycles. The van der Waals surface area contributed by atoms with E-state index in [2.05, 4.69) is 14.9 Å². The SMILES string of the molecule is CNc1snnc1Cn1cc([N+](=O)[O-])ccc1=O. The maximum Gasteiger partial charge on any atom is 0.285 e. The summed E-state index contributed by atoms with van der Waals surface area (Å²) in [5, 5.41) is 18.1. The third-order valence-electron chi connectivity index (χ3n) is 2.28. The van der Waals surface area contributed by atoms with Crippen LogP contribution in [0.1, 0.15) is 5.69 Å². The van der Waals surface area contributed by atoms with Crippen molar-refractivity contribution in [3.8, 4) is 0 Å². The molecule has 0 fully saturated rings. The average molecular weight is 267 g/mol. The van der Waals surface area contributed by atoms with Gasteiger partial charge < -0.3 is 9.88 Å². The second-order valence-electron chi connectivity index (χ2n) is 3.41. The van der Waals surface area contributed by atoms with Gasteiger partial charge in [0.25, 0.3) is 11.2 Å². The summed E-state index contributed by atoms with van der Waals surface area (Å²) in [6.07, 6.45) is 1.20. The lowest BCUT2D eigenvalue weighted by Crippen LogP contribution is -2.20. The van der Waals surface area contributed by atoms with Crippen molar-refractivity contribution >= 4 is 22.2 Å². The first-order valence-corrected chi connectivity index (χ1v) is 5.73. The van der Waals surface area contributed by atoms with Crippen LogP contribution in [-0.4, -0.2) is 26.1 Å². The van der Waals surface area contributed by atoms with E-state index in [-0.39, 0.29) is 17.8 Å². The molecule has 9 heteroatoms. The van der Waals surface area contributed by atoms with Gasteiger partial charge >= 0.3 is 0 Å². The minimum Gasteiger partial charge on any atom is -0.377 e. The molecule has 8 nitrogen and oxygen atoms in total. The fourth-order valence-corrected chi connectivity index (χ4v) is 1.94. The van der Waals surface area contributed by atoms with E-state index in [9.17, 15) is 14.9 Å². The summed E-state index contributed by atoms with van der Waals surface area (Å²) < 4.78 is 4.99. The molecule has 2 aromatic heterocycles. The zero-order chi connectivity index (χ0) is 13.1. The summed E-state index contributed by atoms with van der Waals surface area (Å²) in [4.78, 5) is 21.7. The lowest BCUT2D eigenvalue weighted by atomic mass is 10.4. The fraction of sp³-hybridized carbons (Fsp3) is 0.222. The van der Waals surface area contributed by atoms with Crippen LogP contribution in [0.3, 0.4) is 0 Å². The molecule has 2 heterocycles. The minimum atomic E-state index is -0.547. The number of nitro groups is 1. The van der Waals surface area contributed by atoms with Gasteiger partial charge in [0.2, 0.25) is 0 Å². The molecule has 2 rings (SSSR count). The molecular weight excluding hydrogens is 258 g/mol. The van der Waals surface area contributed by atoms with E-state index in [1.54, 1.807) is 7.05 Å². The second kappa shape index (κ2) is 4.92. The molecule has 0 aliphatic rings. The van der Waals surface area contributed by atoms with Gasteiger partial charge in [-0.25, -0.2) is 0 Å². The number of hydrogen-bond donors (Lipinski definition) is 1. The van der Waals surface area contributed by atoms with E-state index in [1.165, 1.54) is 16.8 Å². The van der Waals surface area contributed by atoms with E-state index in [0.29, 0.717) is 5.69 Å². The van der Waals surface area contributed by atoms with Crippen molar-refractivity contribution in [2.24, 2.45) is 0 Å². The molecule has 0 saturated heterocycles. The van der Waals surface area contributed by atoms with E-state index >= 15 is 0 Å². The summed E-state index contributed by atoms with van der Waals surface area (Å²) in [6, 6.07) is 2.34. The first kappa shape index (κ1) is 12.2. The van der Waals surface area contributed by atoms with Crippen molar-refractivity contribution in [1.29, 1.82) is 0 Å². The Hall–Kier alpha value is -2.29. The molecule has 18 heavy (non-hydrogen) atoms. The Kier molecular flexibility index (Phi) is 3.33. The maximum absolute atomic E-state index is 11.6. The van der Waals surface area contributed by atoms with Crippen LogP contribution in [-0.2, 0) is 6.54 Å². The molecule has 0 saturated carbocycles. The van der Waals surface area contributed by atoms with Crippen LogP contribution in [0.15, 0.2) is 23.1 Å². The average Bonchev–Trinajstić information content (AvgIpc) is 2.79. The number of anilines is 1. The maximum atomic E-state index is 11.6. The predicted octanol–water partition coefficient (Wildman–Crippen LogP) is 0.698. The Morgan fingerprint density at radius 1 is 1.56 bits per heavy atom. The molecular formula is C9H9N5O3S. The highest BCUT2D eigenvalue weighted by molar-refractivity contribution is 7.10.